The highest BCUT2D eigenvalue weighted by Gasteiger charge is 2.28. The Kier molecular flexibility index (Phi) is 4.25. The predicted molar refractivity (Wildman–Crippen MR) is 62.9 cm³/mol. The molecule has 1 aromatic rings. The molecule has 0 heterocycles. The van der Waals surface area contributed by atoms with Crippen molar-refractivity contribution in [1.29, 1.82) is 0 Å². The largest absolute Gasteiger partial charge is 0.481 e. The normalized spacial score (nSPS) is 11.6. The Morgan fingerprint density at radius 3 is 2.17 bits per heavy atom. The van der Waals surface area contributed by atoms with Crippen LogP contribution >= 0.6 is 0 Å². The van der Waals surface area contributed by atoms with Crippen molar-refractivity contribution in [2.24, 2.45) is 5.92 Å². The number of hydrogen-bond acceptors (Lipinski definition) is 4. The predicted octanol–water partition coefficient (Wildman–Crippen LogP) is 0.383. The molecule has 0 bridgehead atoms. The first-order valence-corrected chi connectivity index (χ1v) is 5.01. The Morgan fingerprint density at radius 1 is 1.17 bits per heavy atom. The van der Waals surface area contributed by atoms with E-state index >= 15 is 0 Å². The monoisotopic (exact) mass is 252 g/mol. The summed E-state index contributed by atoms with van der Waals surface area (Å²) in [5.41, 5.74) is 6.29. The standard InChI is InChI=1S/C11H12N2O5/c12-6-1-3-7(4-2-6)13-10(16)8(11(17)18)5-9(14)15/h1-4,8H,5,12H2,(H,13,16)(H,14,15)(H,17,18). The van der Waals surface area contributed by atoms with Crippen LogP contribution in [0.5, 0.6) is 0 Å². The van der Waals surface area contributed by atoms with Crippen LogP contribution in [0.1, 0.15) is 6.42 Å². The van der Waals surface area contributed by atoms with Gasteiger partial charge in [0.2, 0.25) is 5.91 Å². The van der Waals surface area contributed by atoms with Crippen molar-refractivity contribution < 1.29 is 24.6 Å². The maximum absolute atomic E-state index is 11.6. The molecule has 5 N–H and O–H groups in total. The lowest BCUT2D eigenvalue weighted by Crippen LogP contribution is -2.31. The minimum absolute atomic E-state index is 0.353. The number of aliphatic carboxylic acids is 2. The molecular weight excluding hydrogens is 240 g/mol. The number of hydrogen-bond donors (Lipinski definition) is 4. The summed E-state index contributed by atoms with van der Waals surface area (Å²) in [7, 11) is 0. The second-order valence-electron chi connectivity index (χ2n) is 3.60. The van der Waals surface area contributed by atoms with Crippen LogP contribution in [-0.4, -0.2) is 28.1 Å². The maximum atomic E-state index is 11.6. The number of benzene rings is 1. The molecule has 0 saturated heterocycles. The second kappa shape index (κ2) is 5.67. The zero-order chi connectivity index (χ0) is 13.7. The third-order valence-corrected chi connectivity index (χ3v) is 2.17. The van der Waals surface area contributed by atoms with Gasteiger partial charge >= 0.3 is 11.9 Å². The molecule has 0 radical (unpaired) electrons. The van der Waals surface area contributed by atoms with E-state index in [4.69, 9.17) is 15.9 Å². The van der Waals surface area contributed by atoms with Crippen LogP contribution in [0.2, 0.25) is 0 Å². The van der Waals surface area contributed by atoms with Gasteiger partial charge in [0.15, 0.2) is 0 Å². The summed E-state index contributed by atoms with van der Waals surface area (Å²) < 4.78 is 0. The number of rotatable bonds is 5. The van der Waals surface area contributed by atoms with Crippen molar-refractivity contribution >= 4 is 29.2 Å². The molecule has 1 atom stereocenters. The Labute approximate surface area is 102 Å². The van der Waals surface area contributed by atoms with E-state index < -0.39 is 30.2 Å². The van der Waals surface area contributed by atoms with E-state index in [0.29, 0.717) is 11.4 Å². The van der Waals surface area contributed by atoms with Gasteiger partial charge in [0, 0.05) is 11.4 Å². The fourth-order valence-corrected chi connectivity index (χ4v) is 1.26. The minimum atomic E-state index is -1.62. The lowest BCUT2D eigenvalue weighted by Gasteiger charge is -2.10. The number of nitrogens with two attached hydrogens (primary N) is 1. The number of nitrogen functional groups attached to an aromatic ring is 1. The van der Waals surface area contributed by atoms with Crippen LogP contribution in [0.15, 0.2) is 24.3 Å². The molecule has 0 aliphatic carbocycles. The average Bonchev–Trinajstić information content (AvgIpc) is 2.28. The van der Waals surface area contributed by atoms with Gasteiger partial charge in [-0.1, -0.05) is 0 Å². The van der Waals surface area contributed by atoms with Gasteiger partial charge in [0.25, 0.3) is 0 Å². The summed E-state index contributed by atoms with van der Waals surface area (Å²) >= 11 is 0. The van der Waals surface area contributed by atoms with E-state index in [9.17, 15) is 14.4 Å². The topological polar surface area (TPSA) is 130 Å². The Balaban J connectivity index is 2.75. The third-order valence-electron chi connectivity index (χ3n) is 2.17. The average molecular weight is 252 g/mol. The molecule has 0 aromatic heterocycles. The van der Waals surface area contributed by atoms with Gasteiger partial charge in [-0.3, -0.25) is 14.4 Å². The lowest BCUT2D eigenvalue weighted by molar-refractivity contribution is -0.151. The molecule has 7 heteroatoms. The molecule has 1 unspecified atom stereocenters. The number of carboxylic acid groups (broad SMARTS) is 2. The van der Waals surface area contributed by atoms with E-state index in [0.717, 1.165) is 0 Å². The fraction of sp³-hybridized carbons (Fsp3) is 0.182. The van der Waals surface area contributed by atoms with Gasteiger partial charge in [-0.05, 0) is 24.3 Å². The molecule has 1 amide bonds. The number of anilines is 2. The van der Waals surface area contributed by atoms with E-state index in [1.54, 1.807) is 0 Å². The van der Waals surface area contributed by atoms with Crippen LogP contribution < -0.4 is 11.1 Å². The van der Waals surface area contributed by atoms with E-state index in [1.807, 2.05) is 0 Å². The first-order chi connectivity index (χ1) is 8.40. The van der Waals surface area contributed by atoms with E-state index in [1.165, 1.54) is 24.3 Å². The second-order valence-corrected chi connectivity index (χ2v) is 3.60. The number of carbonyl (C=O) groups is 3. The number of carbonyl (C=O) groups excluding carboxylic acids is 1. The number of carboxylic acids is 2. The quantitative estimate of drug-likeness (QED) is 0.443. The number of amides is 1. The van der Waals surface area contributed by atoms with Gasteiger partial charge in [0.1, 0.15) is 5.92 Å². The van der Waals surface area contributed by atoms with Gasteiger partial charge in [0.05, 0.1) is 6.42 Å². The molecule has 96 valence electrons. The molecule has 0 fully saturated rings. The van der Waals surface area contributed by atoms with E-state index in [2.05, 4.69) is 5.32 Å². The highest BCUT2D eigenvalue weighted by atomic mass is 16.4. The SMILES string of the molecule is Nc1ccc(NC(=O)C(CC(=O)O)C(=O)O)cc1. The summed E-state index contributed by atoms with van der Waals surface area (Å²) in [5.74, 6) is -5.34. The van der Waals surface area contributed by atoms with Gasteiger partial charge in [-0.25, -0.2) is 0 Å². The first kappa shape index (κ1) is 13.5. The molecule has 1 aromatic carbocycles. The maximum Gasteiger partial charge on any atom is 0.316 e. The van der Waals surface area contributed by atoms with Crippen LogP contribution in [0.25, 0.3) is 0 Å². The van der Waals surface area contributed by atoms with Crippen molar-refractivity contribution in [2.45, 2.75) is 6.42 Å². The summed E-state index contributed by atoms with van der Waals surface area (Å²) in [5, 5.41) is 19.6. The molecule has 0 spiro atoms. The third kappa shape index (κ3) is 3.78. The van der Waals surface area contributed by atoms with Crippen molar-refractivity contribution in [1.82, 2.24) is 0 Å². The molecule has 0 aliphatic heterocycles. The Morgan fingerprint density at radius 2 is 1.72 bits per heavy atom. The van der Waals surface area contributed by atoms with Crippen molar-refractivity contribution in [3.8, 4) is 0 Å². The van der Waals surface area contributed by atoms with Gasteiger partial charge in [-0.15, -0.1) is 0 Å². The van der Waals surface area contributed by atoms with Gasteiger partial charge in [-0.2, -0.15) is 0 Å². The van der Waals surface area contributed by atoms with Crippen LogP contribution in [0.3, 0.4) is 0 Å². The Hall–Kier alpha value is -2.57. The summed E-state index contributed by atoms with van der Waals surface area (Å²) in [6.45, 7) is 0. The molecule has 1 rings (SSSR count). The summed E-state index contributed by atoms with van der Waals surface area (Å²) in [6, 6.07) is 6.05. The molecule has 18 heavy (non-hydrogen) atoms. The molecule has 0 aliphatic rings. The highest BCUT2D eigenvalue weighted by Crippen LogP contribution is 2.13. The molecule has 7 nitrogen and oxygen atoms in total. The van der Waals surface area contributed by atoms with Crippen molar-refractivity contribution in [3.05, 3.63) is 24.3 Å². The van der Waals surface area contributed by atoms with Crippen molar-refractivity contribution in [2.75, 3.05) is 11.1 Å². The molecular formula is C11H12N2O5. The lowest BCUT2D eigenvalue weighted by atomic mass is 10.1. The summed E-state index contributed by atoms with van der Waals surface area (Å²) in [6.07, 6.45) is -0.768. The zero-order valence-electron chi connectivity index (χ0n) is 9.29. The van der Waals surface area contributed by atoms with Gasteiger partial charge < -0.3 is 21.3 Å². The van der Waals surface area contributed by atoms with Crippen molar-refractivity contribution in [3.63, 3.8) is 0 Å². The van der Waals surface area contributed by atoms with Crippen LogP contribution in [0.4, 0.5) is 11.4 Å². The first-order valence-electron chi connectivity index (χ1n) is 5.01. The zero-order valence-corrected chi connectivity index (χ0v) is 9.29. The summed E-state index contributed by atoms with van der Waals surface area (Å²) in [4.78, 5) is 32.8. The minimum Gasteiger partial charge on any atom is -0.481 e. The van der Waals surface area contributed by atoms with E-state index in [-0.39, 0.29) is 0 Å². The highest BCUT2D eigenvalue weighted by molar-refractivity contribution is 6.06. The van der Waals surface area contributed by atoms with Crippen LogP contribution in [0, 0.1) is 5.92 Å². The smallest absolute Gasteiger partial charge is 0.316 e. The number of nitrogens with one attached hydrogen (secondary N) is 1. The molecule has 0 saturated carbocycles. The fourth-order valence-electron chi connectivity index (χ4n) is 1.26. The van der Waals surface area contributed by atoms with Crippen LogP contribution in [-0.2, 0) is 14.4 Å². The Bertz CT molecular complexity index is 469.